The van der Waals surface area contributed by atoms with Gasteiger partial charge in [0.25, 0.3) is 5.91 Å². The number of aryl methyl sites for hydroxylation is 1. The molecule has 0 radical (unpaired) electrons. The van der Waals surface area contributed by atoms with Crippen LogP contribution < -0.4 is 15.4 Å². The Balaban J connectivity index is 1.45. The summed E-state index contributed by atoms with van der Waals surface area (Å²) in [6.07, 6.45) is 1.72. The molecule has 9 nitrogen and oxygen atoms in total. The van der Waals surface area contributed by atoms with Crippen LogP contribution in [0.2, 0.25) is 0 Å². The van der Waals surface area contributed by atoms with Gasteiger partial charge in [-0.15, -0.1) is 21.5 Å². The number of carbonyl (C=O) groups excluding carboxylic acids is 2. The van der Waals surface area contributed by atoms with Gasteiger partial charge in [0.15, 0.2) is 22.7 Å². The van der Waals surface area contributed by atoms with Crippen molar-refractivity contribution in [2.24, 2.45) is 0 Å². The number of thioether (sulfide) groups is 1. The molecule has 0 unspecified atom stereocenters. The highest BCUT2D eigenvalue weighted by molar-refractivity contribution is 7.99. The average molecular weight is 489 g/mol. The van der Waals surface area contributed by atoms with Crippen LogP contribution >= 0.6 is 23.1 Å². The first-order valence-electron chi connectivity index (χ1n) is 10.6. The number of aromatic nitrogens is 4. The van der Waals surface area contributed by atoms with Crippen LogP contribution in [0, 0.1) is 6.92 Å². The van der Waals surface area contributed by atoms with Crippen LogP contribution in [0.15, 0.2) is 35.6 Å². The van der Waals surface area contributed by atoms with Gasteiger partial charge in [0.05, 0.1) is 12.3 Å². The summed E-state index contributed by atoms with van der Waals surface area (Å²) in [5, 5.41) is 15.1. The van der Waals surface area contributed by atoms with Crippen molar-refractivity contribution in [2.45, 2.75) is 51.9 Å². The molecule has 2 N–H and O–H groups in total. The van der Waals surface area contributed by atoms with Crippen LogP contribution in [-0.4, -0.2) is 43.9 Å². The normalized spacial score (nSPS) is 10.9. The average Bonchev–Trinajstić information content (AvgIpc) is 3.39. The number of anilines is 1. The van der Waals surface area contributed by atoms with E-state index in [0.717, 1.165) is 4.88 Å². The summed E-state index contributed by atoms with van der Waals surface area (Å²) in [7, 11) is 0. The lowest BCUT2D eigenvalue weighted by Crippen LogP contribution is -2.29. The third-order valence-corrected chi connectivity index (χ3v) is 6.46. The quantitative estimate of drug-likeness (QED) is 0.397. The summed E-state index contributed by atoms with van der Waals surface area (Å²) in [6, 6.07) is 7.73. The largest absolute Gasteiger partial charge is 0.484 e. The molecule has 2 aromatic heterocycles. The van der Waals surface area contributed by atoms with E-state index in [0.29, 0.717) is 34.3 Å². The van der Waals surface area contributed by atoms with Gasteiger partial charge in [0.2, 0.25) is 5.91 Å². The molecule has 1 aromatic carbocycles. The maximum atomic E-state index is 12.2. The summed E-state index contributed by atoms with van der Waals surface area (Å²) in [5.41, 5.74) is 1.22. The van der Waals surface area contributed by atoms with E-state index in [1.807, 2.05) is 42.7 Å². The topological polar surface area (TPSA) is 111 Å². The molecular weight excluding hydrogens is 460 g/mol. The van der Waals surface area contributed by atoms with Gasteiger partial charge in [-0.2, -0.15) is 0 Å². The second-order valence-corrected chi connectivity index (χ2v) is 9.72. The van der Waals surface area contributed by atoms with E-state index in [1.54, 1.807) is 6.20 Å². The van der Waals surface area contributed by atoms with E-state index in [9.17, 15) is 9.59 Å². The molecular formula is C22H28N6O3S2. The van der Waals surface area contributed by atoms with Gasteiger partial charge in [-0.1, -0.05) is 37.7 Å². The third-order valence-electron chi connectivity index (χ3n) is 4.67. The van der Waals surface area contributed by atoms with E-state index in [-0.39, 0.29) is 30.7 Å². The molecule has 2 amide bonds. The fraction of sp³-hybridized carbons (Fsp3) is 0.409. The van der Waals surface area contributed by atoms with Crippen LogP contribution in [0.3, 0.4) is 0 Å². The Morgan fingerprint density at radius 3 is 2.58 bits per heavy atom. The van der Waals surface area contributed by atoms with Gasteiger partial charge in [-0.05, 0) is 37.5 Å². The number of ether oxygens (including phenoxy) is 1. The Bertz CT molecular complexity index is 1080. The summed E-state index contributed by atoms with van der Waals surface area (Å²) >= 11 is 2.72. The Morgan fingerprint density at radius 2 is 1.94 bits per heavy atom. The molecule has 3 rings (SSSR count). The van der Waals surface area contributed by atoms with Crippen LogP contribution in [0.5, 0.6) is 5.75 Å². The van der Waals surface area contributed by atoms with E-state index in [4.69, 9.17) is 4.74 Å². The molecule has 11 heteroatoms. The highest BCUT2D eigenvalue weighted by atomic mass is 32.2. The van der Waals surface area contributed by atoms with Crippen molar-refractivity contribution in [3.63, 3.8) is 0 Å². The molecule has 0 fully saturated rings. The molecule has 0 atom stereocenters. The van der Waals surface area contributed by atoms with Crippen molar-refractivity contribution >= 4 is 40.0 Å². The van der Waals surface area contributed by atoms with E-state index < -0.39 is 0 Å². The molecule has 3 aromatic rings. The summed E-state index contributed by atoms with van der Waals surface area (Å²) in [4.78, 5) is 29.5. The number of nitrogens with one attached hydrogen (secondary N) is 2. The molecule has 0 saturated heterocycles. The van der Waals surface area contributed by atoms with E-state index in [2.05, 4.69) is 39.7 Å². The number of benzene rings is 1. The maximum Gasteiger partial charge on any atom is 0.258 e. The van der Waals surface area contributed by atoms with Gasteiger partial charge >= 0.3 is 0 Å². The fourth-order valence-electron chi connectivity index (χ4n) is 2.90. The van der Waals surface area contributed by atoms with E-state index in [1.165, 1.54) is 28.7 Å². The SMILES string of the molecule is CCn1c(CNC(=O)COc2ccc(C(C)C)cc2)nnc1SCC(=O)Nc1ncc(C)s1. The minimum absolute atomic E-state index is 0.0840. The number of nitrogens with zero attached hydrogens (tertiary/aromatic N) is 4. The molecule has 33 heavy (non-hydrogen) atoms. The van der Waals surface area contributed by atoms with Crippen LogP contribution in [0.25, 0.3) is 0 Å². The van der Waals surface area contributed by atoms with Crippen LogP contribution in [-0.2, 0) is 22.7 Å². The first-order chi connectivity index (χ1) is 15.9. The predicted molar refractivity (Wildman–Crippen MR) is 130 cm³/mol. The maximum absolute atomic E-state index is 12.2. The van der Waals surface area contributed by atoms with Crippen molar-refractivity contribution in [3.05, 3.63) is 46.7 Å². The number of carbonyl (C=O) groups is 2. The fourth-order valence-corrected chi connectivity index (χ4v) is 4.40. The molecule has 0 spiro atoms. The van der Waals surface area contributed by atoms with E-state index >= 15 is 0 Å². The predicted octanol–water partition coefficient (Wildman–Crippen LogP) is 3.61. The number of amides is 2. The number of rotatable bonds is 11. The van der Waals surface area contributed by atoms with Crippen LogP contribution in [0.4, 0.5) is 5.13 Å². The molecule has 0 aliphatic rings. The van der Waals surface area contributed by atoms with Crippen molar-refractivity contribution < 1.29 is 14.3 Å². The molecule has 0 aliphatic heterocycles. The van der Waals surface area contributed by atoms with Gasteiger partial charge in [0.1, 0.15) is 5.75 Å². The van der Waals surface area contributed by atoms with Crippen molar-refractivity contribution in [1.82, 2.24) is 25.1 Å². The highest BCUT2D eigenvalue weighted by Crippen LogP contribution is 2.20. The second kappa shape index (κ2) is 11.8. The lowest BCUT2D eigenvalue weighted by molar-refractivity contribution is -0.123. The second-order valence-electron chi connectivity index (χ2n) is 7.55. The van der Waals surface area contributed by atoms with Gasteiger partial charge in [-0.25, -0.2) is 4.98 Å². The minimum atomic E-state index is -0.249. The molecule has 0 saturated carbocycles. The zero-order chi connectivity index (χ0) is 23.8. The zero-order valence-corrected chi connectivity index (χ0v) is 20.8. The Morgan fingerprint density at radius 1 is 1.18 bits per heavy atom. The highest BCUT2D eigenvalue weighted by Gasteiger charge is 2.15. The monoisotopic (exact) mass is 488 g/mol. The summed E-state index contributed by atoms with van der Waals surface area (Å²) < 4.78 is 7.43. The Hall–Kier alpha value is -2.92. The number of hydrogen-bond acceptors (Lipinski definition) is 8. The summed E-state index contributed by atoms with van der Waals surface area (Å²) in [5.74, 6) is 1.49. The van der Waals surface area contributed by atoms with Gasteiger partial charge in [-0.3, -0.25) is 9.59 Å². The first-order valence-corrected chi connectivity index (χ1v) is 12.4. The van der Waals surface area contributed by atoms with Gasteiger partial charge in [0, 0.05) is 17.6 Å². The Kier molecular flexibility index (Phi) is 8.84. The van der Waals surface area contributed by atoms with Crippen LogP contribution in [0.1, 0.15) is 43.0 Å². The summed E-state index contributed by atoms with van der Waals surface area (Å²) in [6.45, 7) is 8.90. The lowest BCUT2D eigenvalue weighted by atomic mass is 10.0. The molecule has 176 valence electrons. The van der Waals surface area contributed by atoms with Crippen molar-refractivity contribution in [2.75, 3.05) is 17.7 Å². The number of thiazole rings is 1. The number of hydrogen-bond donors (Lipinski definition) is 2. The van der Waals surface area contributed by atoms with Crippen molar-refractivity contribution in [1.29, 1.82) is 0 Å². The lowest BCUT2D eigenvalue weighted by Gasteiger charge is -2.10. The van der Waals surface area contributed by atoms with Gasteiger partial charge < -0.3 is 19.9 Å². The van der Waals surface area contributed by atoms with Crippen molar-refractivity contribution in [3.8, 4) is 5.75 Å². The zero-order valence-electron chi connectivity index (χ0n) is 19.1. The standard InChI is InChI=1S/C22H28N6O3S2/c1-5-28-18(11-23-19(29)12-31-17-8-6-16(7-9-17)14(2)3)26-27-22(28)32-13-20(30)25-21-24-10-15(4)33-21/h6-10,14H,5,11-13H2,1-4H3,(H,23,29)(H,24,25,30). The smallest absolute Gasteiger partial charge is 0.258 e. The molecule has 0 aliphatic carbocycles. The Labute approximate surface area is 201 Å². The molecule has 0 bridgehead atoms. The third kappa shape index (κ3) is 7.29. The molecule has 2 heterocycles. The minimum Gasteiger partial charge on any atom is -0.484 e. The first kappa shape index (κ1) is 24.7.